The maximum atomic E-state index is 13.6. The fraction of sp³-hybridized carbons (Fsp3) is 0.417. The van der Waals surface area contributed by atoms with Crippen molar-refractivity contribution in [2.24, 2.45) is 0 Å². The molecule has 0 amide bonds. The number of fused-ring (bicyclic) bond motifs is 1. The summed E-state index contributed by atoms with van der Waals surface area (Å²) in [5.41, 5.74) is -0.204. The zero-order chi connectivity index (χ0) is 13.6. The Kier molecular flexibility index (Phi) is 2.74. The number of nitrogens with zero attached hydrogens (tertiary/aromatic N) is 1. The van der Waals surface area contributed by atoms with E-state index in [2.05, 4.69) is 4.98 Å². The topological polar surface area (TPSA) is 71.9 Å². The number of nitrogens with one attached hydrogen (secondary N) is 1. The Morgan fingerprint density at radius 1 is 1.32 bits per heavy atom. The highest BCUT2D eigenvalue weighted by molar-refractivity contribution is 7.91. The number of sulfone groups is 1. The molecule has 3 rings (SSSR count). The summed E-state index contributed by atoms with van der Waals surface area (Å²) in [4.78, 5) is 14.4. The number of imidazole rings is 1. The van der Waals surface area contributed by atoms with E-state index in [-0.39, 0.29) is 11.3 Å². The molecule has 5 nitrogen and oxygen atoms in total. The van der Waals surface area contributed by atoms with Crippen molar-refractivity contribution < 1.29 is 12.8 Å². The monoisotopic (exact) mass is 284 g/mol. The highest BCUT2D eigenvalue weighted by atomic mass is 32.2. The third kappa shape index (κ3) is 1.88. The first-order valence-corrected chi connectivity index (χ1v) is 7.82. The third-order valence-corrected chi connectivity index (χ3v) is 5.67. The Hall–Kier alpha value is -1.63. The maximum Gasteiger partial charge on any atom is 0.327 e. The Balaban J connectivity index is 2.28. The minimum atomic E-state index is -3.35. The number of hydrogen-bond donors (Lipinski definition) is 1. The molecular weight excluding hydrogens is 271 g/mol. The van der Waals surface area contributed by atoms with Gasteiger partial charge in [0.15, 0.2) is 9.84 Å². The lowest BCUT2D eigenvalue weighted by molar-refractivity contribution is 0.490. The number of aromatic nitrogens is 2. The Morgan fingerprint density at radius 3 is 2.84 bits per heavy atom. The maximum absolute atomic E-state index is 13.6. The van der Waals surface area contributed by atoms with Crippen molar-refractivity contribution in [2.75, 3.05) is 5.75 Å². The molecule has 0 radical (unpaired) electrons. The first-order chi connectivity index (χ1) is 9.00. The van der Waals surface area contributed by atoms with Gasteiger partial charge in [-0.1, -0.05) is 6.07 Å². The lowest BCUT2D eigenvalue weighted by Crippen LogP contribution is -2.32. The van der Waals surface area contributed by atoms with Crippen LogP contribution in [0.3, 0.4) is 0 Å². The van der Waals surface area contributed by atoms with E-state index in [0.717, 1.165) is 6.42 Å². The first kappa shape index (κ1) is 12.4. The number of H-pyrrole nitrogens is 1. The smallest absolute Gasteiger partial charge is 0.303 e. The van der Waals surface area contributed by atoms with Crippen LogP contribution in [-0.2, 0) is 9.84 Å². The molecule has 1 aliphatic heterocycles. The molecule has 1 aliphatic rings. The average Bonchev–Trinajstić information content (AvgIpc) is 2.67. The van der Waals surface area contributed by atoms with Crippen molar-refractivity contribution in [3.63, 3.8) is 0 Å². The number of aromatic amines is 1. The first-order valence-electron chi connectivity index (χ1n) is 6.11. The molecule has 2 aromatic rings. The Labute approximate surface area is 109 Å². The number of para-hydroxylation sites is 1. The second kappa shape index (κ2) is 4.19. The van der Waals surface area contributed by atoms with Crippen molar-refractivity contribution >= 4 is 20.9 Å². The molecule has 1 atom stereocenters. The van der Waals surface area contributed by atoms with Gasteiger partial charge in [-0.3, -0.25) is 4.57 Å². The molecule has 1 N–H and O–H groups in total. The van der Waals surface area contributed by atoms with Gasteiger partial charge in [-0.25, -0.2) is 17.6 Å². The predicted octanol–water partition coefficient (Wildman–Crippen LogP) is 1.57. The van der Waals surface area contributed by atoms with Crippen LogP contribution in [0.2, 0.25) is 0 Å². The van der Waals surface area contributed by atoms with Gasteiger partial charge in [-0.15, -0.1) is 0 Å². The van der Waals surface area contributed by atoms with Gasteiger partial charge in [0.2, 0.25) is 0 Å². The minimum Gasteiger partial charge on any atom is -0.303 e. The number of benzene rings is 1. The summed E-state index contributed by atoms with van der Waals surface area (Å²) >= 11 is 0. The van der Waals surface area contributed by atoms with E-state index in [4.69, 9.17) is 0 Å². The Bertz CT molecular complexity index is 791. The molecule has 7 heteroatoms. The van der Waals surface area contributed by atoms with Crippen LogP contribution in [0.25, 0.3) is 11.0 Å². The molecule has 0 spiro atoms. The summed E-state index contributed by atoms with van der Waals surface area (Å²) in [5, 5.41) is -0.885. The van der Waals surface area contributed by atoms with Gasteiger partial charge in [-0.2, -0.15) is 0 Å². The van der Waals surface area contributed by atoms with Crippen molar-refractivity contribution in [2.45, 2.75) is 24.6 Å². The average molecular weight is 284 g/mol. The van der Waals surface area contributed by atoms with Gasteiger partial charge in [0.25, 0.3) is 0 Å². The van der Waals surface area contributed by atoms with Crippen LogP contribution in [0.15, 0.2) is 23.0 Å². The quantitative estimate of drug-likeness (QED) is 0.864. The second-order valence-electron chi connectivity index (χ2n) is 4.75. The molecule has 1 aromatic carbocycles. The van der Waals surface area contributed by atoms with Gasteiger partial charge in [-0.05, 0) is 31.4 Å². The molecule has 102 valence electrons. The van der Waals surface area contributed by atoms with Crippen LogP contribution in [0.4, 0.5) is 4.39 Å². The summed E-state index contributed by atoms with van der Waals surface area (Å²) in [6.45, 7) is 0. The van der Waals surface area contributed by atoms with E-state index in [1.165, 1.54) is 16.7 Å². The summed E-state index contributed by atoms with van der Waals surface area (Å²) in [7, 11) is -3.35. The zero-order valence-corrected chi connectivity index (χ0v) is 10.9. The number of rotatable bonds is 1. The molecule has 1 unspecified atom stereocenters. The van der Waals surface area contributed by atoms with E-state index < -0.39 is 26.7 Å². The third-order valence-electron chi connectivity index (χ3n) is 3.53. The van der Waals surface area contributed by atoms with Crippen molar-refractivity contribution in [1.29, 1.82) is 0 Å². The molecule has 0 bridgehead atoms. The highest BCUT2D eigenvalue weighted by Gasteiger charge is 2.32. The minimum absolute atomic E-state index is 0.0632. The highest BCUT2D eigenvalue weighted by Crippen LogP contribution is 2.30. The zero-order valence-electron chi connectivity index (χ0n) is 10.1. The fourth-order valence-electron chi connectivity index (χ4n) is 2.63. The standard InChI is InChI=1S/C12H13FN2O3S/c13-8-4-3-5-9-11(8)14-12(16)15(9)10-6-1-2-7-19(10,17)18/h3-5,10H,1-2,6-7H2,(H,14,16). The van der Waals surface area contributed by atoms with Crippen molar-refractivity contribution in [3.05, 3.63) is 34.5 Å². The lowest BCUT2D eigenvalue weighted by Gasteiger charge is -2.23. The molecule has 1 fully saturated rings. The summed E-state index contributed by atoms with van der Waals surface area (Å²) in [6, 6.07) is 4.26. The normalized spacial score (nSPS) is 22.7. The molecule has 1 aromatic heterocycles. The summed E-state index contributed by atoms with van der Waals surface area (Å²) < 4.78 is 39.0. The van der Waals surface area contributed by atoms with E-state index >= 15 is 0 Å². The van der Waals surface area contributed by atoms with E-state index in [1.54, 1.807) is 6.07 Å². The van der Waals surface area contributed by atoms with Gasteiger partial charge in [0, 0.05) is 0 Å². The van der Waals surface area contributed by atoms with Gasteiger partial charge in [0.1, 0.15) is 16.7 Å². The molecule has 2 heterocycles. The summed E-state index contributed by atoms with van der Waals surface area (Å²) in [5.74, 6) is -0.479. The van der Waals surface area contributed by atoms with Crippen LogP contribution in [-0.4, -0.2) is 23.7 Å². The van der Waals surface area contributed by atoms with Gasteiger partial charge >= 0.3 is 5.69 Å². The Morgan fingerprint density at radius 2 is 2.11 bits per heavy atom. The lowest BCUT2D eigenvalue weighted by atomic mass is 10.2. The largest absolute Gasteiger partial charge is 0.327 e. The van der Waals surface area contributed by atoms with E-state index in [9.17, 15) is 17.6 Å². The molecular formula is C12H13FN2O3S. The predicted molar refractivity (Wildman–Crippen MR) is 69.2 cm³/mol. The fourth-order valence-corrected chi connectivity index (χ4v) is 4.56. The van der Waals surface area contributed by atoms with Crippen LogP contribution < -0.4 is 5.69 Å². The van der Waals surface area contributed by atoms with Crippen LogP contribution in [0.5, 0.6) is 0 Å². The van der Waals surface area contributed by atoms with Gasteiger partial charge in [0.05, 0.1) is 11.3 Å². The van der Waals surface area contributed by atoms with Gasteiger partial charge < -0.3 is 4.98 Å². The van der Waals surface area contributed by atoms with Crippen LogP contribution >= 0.6 is 0 Å². The molecule has 1 saturated heterocycles. The van der Waals surface area contributed by atoms with E-state index in [1.807, 2.05) is 0 Å². The molecule has 0 aliphatic carbocycles. The summed E-state index contributed by atoms with van der Waals surface area (Å²) in [6.07, 6.45) is 1.76. The van der Waals surface area contributed by atoms with Crippen molar-refractivity contribution in [1.82, 2.24) is 9.55 Å². The molecule has 19 heavy (non-hydrogen) atoms. The number of hydrogen-bond acceptors (Lipinski definition) is 3. The van der Waals surface area contributed by atoms with Crippen LogP contribution in [0.1, 0.15) is 24.6 Å². The van der Waals surface area contributed by atoms with E-state index in [0.29, 0.717) is 18.4 Å². The number of halogens is 1. The SMILES string of the molecule is O=c1[nH]c2c(F)cccc2n1C1CCCCS1(=O)=O. The van der Waals surface area contributed by atoms with Crippen LogP contribution in [0, 0.1) is 5.82 Å². The second-order valence-corrected chi connectivity index (χ2v) is 7.03. The van der Waals surface area contributed by atoms with Crippen molar-refractivity contribution in [3.8, 4) is 0 Å². The molecule has 0 saturated carbocycles.